The van der Waals surface area contributed by atoms with Gasteiger partial charge < -0.3 is 5.73 Å². The largest absolute Gasteiger partial charge is 0.318 e. The molecule has 0 spiro atoms. The molecule has 0 aliphatic rings. The summed E-state index contributed by atoms with van der Waals surface area (Å²) in [4.78, 5) is 21.7. The Morgan fingerprint density at radius 1 is 1.03 bits per heavy atom. The molecule has 0 aliphatic carbocycles. The van der Waals surface area contributed by atoms with Crippen molar-refractivity contribution in [3.63, 3.8) is 0 Å². The summed E-state index contributed by atoms with van der Waals surface area (Å²) >= 11 is 0. The first-order valence-electron chi connectivity index (χ1n) is 8.90. The number of nitrogens with two attached hydrogens (primary N) is 1. The predicted molar refractivity (Wildman–Crippen MR) is 107 cm³/mol. The number of carbonyl (C=O) groups excluding carboxylic acids is 1. The monoisotopic (exact) mass is 380 g/mol. The number of hydrogen-bond acceptors (Lipinski definition) is 6. The fourth-order valence-electron chi connectivity index (χ4n) is 3.00. The third-order valence-corrected chi connectivity index (χ3v) is 4.46. The summed E-state index contributed by atoms with van der Waals surface area (Å²) in [5.41, 5.74) is 8.57. The van der Waals surface area contributed by atoms with Crippen LogP contribution >= 0.6 is 0 Å². The van der Waals surface area contributed by atoms with Crippen molar-refractivity contribution in [2.45, 2.75) is 6.04 Å². The third kappa shape index (κ3) is 3.52. The molecule has 0 aliphatic heterocycles. The van der Waals surface area contributed by atoms with Crippen LogP contribution in [-0.4, -0.2) is 25.7 Å². The Morgan fingerprint density at radius 3 is 2.52 bits per heavy atom. The minimum Gasteiger partial charge on any atom is -0.318 e. The highest BCUT2D eigenvalue weighted by Crippen LogP contribution is 2.24. The van der Waals surface area contributed by atoms with Gasteiger partial charge in [0.05, 0.1) is 17.7 Å². The molecule has 2 aromatic heterocycles. The second kappa shape index (κ2) is 7.84. The van der Waals surface area contributed by atoms with E-state index in [0.29, 0.717) is 28.1 Å². The van der Waals surface area contributed by atoms with Crippen molar-refractivity contribution in [3.05, 3.63) is 102 Å². The van der Waals surface area contributed by atoms with Crippen LogP contribution < -0.4 is 5.73 Å². The van der Waals surface area contributed by atoms with E-state index >= 15 is 0 Å². The maximum Gasteiger partial charge on any atom is 0.279 e. The first kappa shape index (κ1) is 18.2. The second-order valence-electron chi connectivity index (χ2n) is 6.30. The van der Waals surface area contributed by atoms with Crippen LogP contribution in [0.25, 0.3) is 11.4 Å². The van der Waals surface area contributed by atoms with Crippen molar-refractivity contribution in [3.8, 4) is 17.5 Å². The zero-order valence-corrected chi connectivity index (χ0v) is 15.3. The van der Waals surface area contributed by atoms with Crippen molar-refractivity contribution < 1.29 is 4.79 Å². The SMILES string of the molecule is N#Cc1ccccc1C(N)c1nc(-c2cccnc2)nn1C(=O)c1ccccc1. The van der Waals surface area contributed by atoms with Gasteiger partial charge in [0.15, 0.2) is 11.6 Å². The summed E-state index contributed by atoms with van der Waals surface area (Å²) in [6, 6.07) is 20.6. The zero-order valence-electron chi connectivity index (χ0n) is 15.3. The lowest BCUT2D eigenvalue weighted by Crippen LogP contribution is -2.24. The van der Waals surface area contributed by atoms with E-state index in [1.54, 1.807) is 73.1 Å². The molecule has 0 saturated carbocycles. The van der Waals surface area contributed by atoms with Crippen molar-refractivity contribution in [2.75, 3.05) is 0 Å². The van der Waals surface area contributed by atoms with E-state index in [1.165, 1.54) is 4.68 Å². The van der Waals surface area contributed by atoms with Crippen LogP contribution in [0.3, 0.4) is 0 Å². The second-order valence-corrected chi connectivity index (χ2v) is 6.30. The van der Waals surface area contributed by atoms with Gasteiger partial charge in [-0.25, -0.2) is 4.98 Å². The van der Waals surface area contributed by atoms with E-state index in [9.17, 15) is 10.1 Å². The van der Waals surface area contributed by atoms with E-state index in [4.69, 9.17) is 5.73 Å². The van der Waals surface area contributed by atoms with Crippen molar-refractivity contribution in [1.82, 2.24) is 19.7 Å². The lowest BCUT2D eigenvalue weighted by Gasteiger charge is -2.13. The van der Waals surface area contributed by atoms with Crippen LogP contribution in [0, 0.1) is 11.3 Å². The smallest absolute Gasteiger partial charge is 0.279 e. The van der Waals surface area contributed by atoms with Crippen LogP contribution in [0.15, 0.2) is 79.1 Å². The first-order chi connectivity index (χ1) is 14.2. The molecular weight excluding hydrogens is 364 g/mol. The molecule has 2 aromatic carbocycles. The number of benzene rings is 2. The molecule has 7 heteroatoms. The van der Waals surface area contributed by atoms with E-state index < -0.39 is 6.04 Å². The van der Waals surface area contributed by atoms with Gasteiger partial charge in [0.2, 0.25) is 0 Å². The van der Waals surface area contributed by atoms with Crippen LogP contribution in [0.1, 0.15) is 33.4 Å². The van der Waals surface area contributed by atoms with Crippen molar-refractivity contribution >= 4 is 5.91 Å². The fraction of sp³-hybridized carbons (Fsp3) is 0.0455. The molecule has 1 atom stereocenters. The number of rotatable bonds is 4. The molecule has 29 heavy (non-hydrogen) atoms. The third-order valence-electron chi connectivity index (χ3n) is 4.46. The lowest BCUT2D eigenvalue weighted by molar-refractivity contribution is 0.0940. The summed E-state index contributed by atoms with van der Waals surface area (Å²) in [5.74, 6) is 0.232. The van der Waals surface area contributed by atoms with Crippen LogP contribution in [0.5, 0.6) is 0 Å². The minimum atomic E-state index is -0.809. The van der Waals surface area contributed by atoms with E-state index in [-0.39, 0.29) is 11.7 Å². The fourth-order valence-corrected chi connectivity index (χ4v) is 3.00. The van der Waals surface area contributed by atoms with Gasteiger partial charge in [-0.3, -0.25) is 9.78 Å². The minimum absolute atomic E-state index is 0.250. The molecule has 2 N–H and O–H groups in total. The highest BCUT2D eigenvalue weighted by molar-refractivity contribution is 5.95. The molecule has 4 rings (SSSR count). The lowest BCUT2D eigenvalue weighted by atomic mass is 10.0. The highest BCUT2D eigenvalue weighted by atomic mass is 16.2. The molecule has 0 saturated heterocycles. The highest BCUT2D eigenvalue weighted by Gasteiger charge is 2.25. The normalized spacial score (nSPS) is 11.6. The molecule has 0 fully saturated rings. The molecular formula is C22H16N6O. The molecule has 0 radical (unpaired) electrons. The molecule has 0 bridgehead atoms. The quantitative estimate of drug-likeness (QED) is 0.583. The van der Waals surface area contributed by atoms with Gasteiger partial charge >= 0.3 is 0 Å². The summed E-state index contributed by atoms with van der Waals surface area (Å²) < 4.78 is 1.20. The number of nitrogens with zero attached hydrogens (tertiary/aromatic N) is 5. The topological polar surface area (TPSA) is 110 Å². The van der Waals surface area contributed by atoms with Gasteiger partial charge in [-0.05, 0) is 35.9 Å². The van der Waals surface area contributed by atoms with E-state index in [1.807, 2.05) is 6.07 Å². The zero-order chi connectivity index (χ0) is 20.2. The molecule has 0 amide bonds. The number of pyridine rings is 1. The van der Waals surface area contributed by atoms with E-state index in [2.05, 4.69) is 21.1 Å². The van der Waals surface area contributed by atoms with Crippen LogP contribution in [-0.2, 0) is 0 Å². The molecule has 1 unspecified atom stereocenters. The summed E-state index contributed by atoms with van der Waals surface area (Å²) in [6.45, 7) is 0. The molecule has 140 valence electrons. The average Bonchev–Trinajstić information content (AvgIpc) is 3.24. The van der Waals surface area contributed by atoms with E-state index in [0.717, 1.165) is 0 Å². The Bertz CT molecular complexity index is 1190. The van der Waals surface area contributed by atoms with Gasteiger partial charge in [-0.2, -0.15) is 9.94 Å². The Hall–Kier alpha value is -4.15. The Balaban J connectivity index is 1.86. The van der Waals surface area contributed by atoms with Gasteiger partial charge in [0.25, 0.3) is 5.91 Å². The molecule has 2 heterocycles. The Morgan fingerprint density at radius 2 is 1.79 bits per heavy atom. The Kier molecular flexibility index (Phi) is 4.93. The van der Waals surface area contributed by atoms with Gasteiger partial charge in [-0.1, -0.05) is 36.4 Å². The number of nitriles is 1. The van der Waals surface area contributed by atoms with Gasteiger partial charge in [0, 0.05) is 23.5 Å². The average molecular weight is 380 g/mol. The van der Waals surface area contributed by atoms with Crippen molar-refractivity contribution in [1.29, 1.82) is 5.26 Å². The maximum absolute atomic E-state index is 13.1. The predicted octanol–water partition coefficient (Wildman–Crippen LogP) is 2.95. The van der Waals surface area contributed by atoms with Gasteiger partial charge in [-0.15, -0.1) is 5.10 Å². The number of aromatic nitrogens is 4. The number of hydrogen-bond donors (Lipinski definition) is 1. The molecule has 4 aromatic rings. The first-order valence-corrected chi connectivity index (χ1v) is 8.90. The molecule has 7 nitrogen and oxygen atoms in total. The maximum atomic E-state index is 13.1. The van der Waals surface area contributed by atoms with Crippen LogP contribution in [0.2, 0.25) is 0 Å². The summed E-state index contributed by atoms with van der Waals surface area (Å²) in [5, 5.41) is 13.8. The summed E-state index contributed by atoms with van der Waals surface area (Å²) in [7, 11) is 0. The Labute approximate surface area is 167 Å². The number of carbonyl (C=O) groups is 1. The summed E-state index contributed by atoms with van der Waals surface area (Å²) in [6.07, 6.45) is 3.26. The standard InChI is InChI=1S/C22H16N6O/c23-13-16-9-4-5-11-18(16)19(24)21-26-20(17-10-6-12-25-14-17)27-28(21)22(29)15-7-2-1-3-8-15/h1-12,14,19H,24H2. The van der Waals surface area contributed by atoms with Gasteiger partial charge in [0.1, 0.15) is 0 Å². The van der Waals surface area contributed by atoms with Crippen LogP contribution in [0.4, 0.5) is 0 Å². The van der Waals surface area contributed by atoms with Crippen molar-refractivity contribution in [2.24, 2.45) is 5.73 Å².